The Morgan fingerprint density at radius 3 is 2.62 bits per heavy atom. The lowest BCUT2D eigenvalue weighted by Gasteiger charge is -2.16. The standard InChI is InChI=1S/C17H17N3O3S/c1-10-3-5-13(6-4-10)20-8-12(7-15(20)22)16(23)19-17-18-14(9-24-17)11(2)21/h3-6,9,12H,7-8H2,1-2H3,(H,18,19,23)/t12-/m1/s1. The Morgan fingerprint density at radius 1 is 1.29 bits per heavy atom. The Bertz CT molecular complexity index is 798. The van der Waals surface area contributed by atoms with Crippen LogP contribution < -0.4 is 10.2 Å². The number of nitrogens with one attached hydrogen (secondary N) is 1. The average molecular weight is 343 g/mol. The molecule has 1 aliphatic heterocycles. The van der Waals surface area contributed by atoms with Crippen LogP contribution in [0.15, 0.2) is 29.6 Å². The minimum Gasteiger partial charge on any atom is -0.312 e. The first-order valence-corrected chi connectivity index (χ1v) is 8.46. The van der Waals surface area contributed by atoms with E-state index in [0.717, 1.165) is 11.3 Å². The highest BCUT2D eigenvalue weighted by Gasteiger charge is 2.35. The van der Waals surface area contributed by atoms with E-state index in [9.17, 15) is 14.4 Å². The van der Waals surface area contributed by atoms with Crippen molar-refractivity contribution in [1.82, 2.24) is 4.98 Å². The molecule has 24 heavy (non-hydrogen) atoms. The minimum absolute atomic E-state index is 0.0671. The van der Waals surface area contributed by atoms with Crippen molar-refractivity contribution in [1.29, 1.82) is 0 Å². The van der Waals surface area contributed by atoms with Crippen molar-refractivity contribution in [3.8, 4) is 0 Å². The van der Waals surface area contributed by atoms with E-state index < -0.39 is 5.92 Å². The first kappa shape index (κ1) is 16.3. The molecule has 1 aromatic heterocycles. The summed E-state index contributed by atoms with van der Waals surface area (Å²) < 4.78 is 0. The van der Waals surface area contributed by atoms with Gasteiger partial charge in [0, 0.05) is 31.0 Å². The second-order valence-electron chi connectivity index (χ2n) is 5.82. The van der Waals surface area contributed by atoms with Crippen LogP contribution in [0.25, 0.3) is 0 Å². The van der Waals surface area contributed by atoms with Gasteiger partial charge in [0.15, 0.2) is 10.9 Å². The summed E-state index contributed by atoms with van der Waals surface area (Å²) in [6, 6.07) is 7.64. The van der Waals surface area contributed by atoms with E-state index in [-0.39, 0.29) is 24.0 Å². The van der Waals surface area contributed by atoms with Gasteiger partial charge in [-0.05, 0) is 19.1 Å². The molecule has 2 aromatic rings. The normalized spacial score (nSPS) is 17.2. The number of Topliss-reactive ketones (excluding diaryl/α,β-unsaturated/α-hetero) is 1. The first-order chi connectivity index (χ1) is 11.4. The molecule has 0 bridgehead atoms. The Balaban J connectivity index is 1.67. The monoisotopic (exact) mass is 343 g/mol. The molecule has 0 radical (unpaired) electrons. The van der Waals surface area contributed by atoms with Crippen LogP contribution in [0.4, 0.5) is 10.8 Å². The smallest absolute Gasteiger partial charge is 0.231 e. The van der Waals surface area contributed by atoms with Crippen molar-refractivity contribution in [3.05, 3.63) is 40.9 Å². The minimum atomic E-state index is -0.427. The molecule has 2 amide bonds. The van der Waals surface area contributed by atoms with Crippen LogP contribution in [0, 0.1) is 12.8 Å². The van der Waals surface area contributed by atoms with Gasteiger partial charge < -0.3 is 10.2 Å². The topological polar surface area (TPSA) is 79.4 Å². The third-order valence-corrected chi connectivity index (χ3v) is 4.69. The maximum absolute atomic E-state index is 12.4. The number of amides is 2. The van der Waals surface area contributed by atoms with Gasteiger partial charge in [0.2, 0.25) is 11.8 Å². The average Bonchev–Trinajstić information content (AvgIpc) is 3.15. The highest BCUT2D eigenvalue weighted by atomic mass is 32.1. The number of anilines is 2. The third kappa shape index (κ3) is 3.35. The summed E-state index contributed by atoms with van der Waals surface area (Å²) in [6.07, 6.45) is 0.171. The van der Waals surface area contributed by atoms with Crippen LogP contribution in [-0.2, 0) is 9.59 Å². The molecule has 1 fully saturated rings. The molecule has 3 rings (SSSR count). The van der Waals surface area contributed by atoms with Gasteiger partial charge in [-0.15, -0.1) is 11.3 Å². The summed E-state index contributed by atoms with van der Waals surface area (Å²) in [5.74, 6) is -0.887. The molecule has 1 atom stereocenters. The summed E-state index contributed by atoms with van der Waals surface area (Å²) in [6.45, 7) is 3.75. The molecule has 7 heteroatoms. The number of hydrogen-bond donors (Lipinski definition) is 1. The lowest BCUT2D eigenvalue weighted by atomic mass is 10.1. The van der Waals surface area contributed by atoms with Gasteiger partial charge in [0.05, 0.1) is 5.92 Å². The highest BCUT2D eigenvalue weighted by molar-refractivity contribution is 7.14. The number of benzene rings is 1. The fraction of sp³-hybridized carbons (Fsp3) is 0.294. The number of hydrogen-bond acceptors (Lipinski definition) is 5. The van der Waals surface area contributed by atoms with E-state index in [1.807, 2.05) is 31.2 Å². The van der Waals surface area contributed by atoms with Crippen LogP contribution in [0.1, 0.15) is 29.4 Å². The molecule has 0 aliphatic carbocycles. The van der Waals surface area contributed by atoms with E-state index in [2.05, 4.69) is 10.3 Å². The molecule has 1 aliphatic rings. The fourth-order valence-corrected chi connectivity index (χ4v) is 3.31. The van der Waals surface area contributed by atoms with E-state index in [1.54, 1.807) is 10.3 Å². The SMILES string of the molecule is CC(=O)c1csc(NC(=O)[C@@H]2CC(=O)N(c3ccc(C)cc3)C2)n1. The van der Waals surface area contributed by atoms with Gasteiger partial charge >= 0.3 is 0 Å². The zero-order valence-electron chi connectivity index (χ0n) is 13.4. The van der Waals surface area contributed by atoms with Crippen LogP contribution in [-0.4, -0.2) is 29.1 Å². The van der Waals surface area contributed by atoms with Gasteiger partial charge in [-0.3, -0.25) is 14.4 Å². The molecule has 6 nitrogen and oxygen atoms in total. The summed E-state index contributed by atoms with van der Waals surface area (Å²) >= 11 is 1.20. The first-order valence-electron chi connectivity index (χ1n) is 7.58. The largest absolute Gasteiger partial charge is 0.312 e. The fourth-order valence-electron chi connectivity index (χ4n) is 2.56. The Hall–Kier alpha value is -2.54. The highest BCUT2D eigenvalue weighted by Crippen LogP contribution is 2.26. The number of aryl methyl sites for hydroxylation is 1. The molecule has 1 N–H and O–H groups in total. The van der Waals surface area contributed by atoms with Crippen molar-refractivity contribution in [2.45, 2.75) is 20.3 Å². The summed E-state index contributed by atoms with van der Waals surface area (Å²) in [4.78, 5) is 41.5. The number of thiazole rings is 1. The molecule has 0 unspecified atom stereocenters. The molecule has 1 aromatic carbocycles. The van der Waals surface area contributed by atoms with Crippen LogP contribution in [0.2, 0.25) is 0 Å². The van der Waals surface area contributed by atoms with Crippen molar-refractivity contribution < 1.29 is 14.4 Å². The second kappa shape index (κ2) is 6.52. The number of rotatable bonds is 4. The molecule has 1 saturated heterocycles. The zero-order valence-corrected chi connectivity index (χ0v) is 14.2. The van der Waals surface area contributed by atoms with Crippen molar-refractivity contribution in [2.75, 3.05) is 16.8 Å². The van der Waals surface area contributed by atoms with Crippen molar-refractivity contribution in [3.63, 3.8) is 0 Å². The third-order valence-electron chi connectivity index (χ3n) is 3.94. The Kier molecular flexibility index (Phi) is 4.44. The van der Waals surface area contributed by atoms with E-state index in [4.69, 9.17) is 0 Å². The molecular formula is C17H17N3O3S. The maximum atomic E-state index is 12.4. The van der Waals surface area contributed by atoms with Crippen LogP contribution >= 0.6 is 11.3 Å². The Labute approximate surface area is 143 Å². The lowest BCUT2D eigenvalue weighted by molar-refractivity contribution is -0.122. The van der Waals surface area contributed by atoms with Crippen molar-refractivity contribution >= 4 is 39.8 Å². The Morgan fingerprint density at radius 2 is 2.00 bits per heavy atom. The quantitative estimate of drug-likeness (QED) is 0.866. The van der Waals surface area contributed by atoms with Gasteiger partial charge in [0.25, 0.3) is 0 Å². The van der Waals surface area contributed by atoms with Crippen LogP contribution in [0.3, 0.4) is 0 Å². The summed E-state index contributed by atoms with van der Waals surface area (Å²) in [7, 11) is 0. The number of nitrogens with zero attached hydrogens (tertiary/aromatic N) is 2. The summed E-state index contributed by atoms with van der Waals surface area (Å²) in [5.41, 5.74) is 2.25. The summed E-state index contributed by atoms with van der Waals surface area (Å²) in [5, 5.41) is 4.69. The molecule has 0 spiro atoms. The van der Waals surface area contributed by atoms with Gasteiger partial charge in [0.1, 0.15) is 5.69 Å². The van der Waals surface area contributed by atoms with E-state index >= 15 is 0 Å². The van der Waals surface area contributed by atoms with Gasteiger partial charge in [-0.25, -0.2) is 4.98 Å². The van der Waals surface area contributed by atoms with Gasteiger partial charge in [-0.1, -0.05) is 17.7 Å². The number of ketones is 1. The molecule has 0 saturated carbocycles. The number of carbonyl (C=O) groups is 3. The zero-order chi connectivity index (χ0) is 17.3. The van der Waals surface area contributed by atoms with E-state index in [1.165, 1.54) is 18.3 Å². The van der Waals surface area contributed by atoms with Gasteiger partial charge in [-0.2, -0.15) is 0 Å². The van der Waals surface area contributed by atoms with Crippen LogP contribution in [0.5, 0.6) is 0 Å². The predicted octanol–water partition coefficient (Wildman–Crippen LogP) is 2.65. The molecule has 2 heterocycles. The molecule has 124 valence electrons. The van der Waals surface area contributed by atoms with E-state index in [0.29, 0.717) is 17.4 Å². The number of aromatic nitrogens is 1. The number of carbonyl (C=O) groups excluding carboxylic acids is 3. The predicted molar refractivity (Wildman–Crippen MR) is 92.4 cm³/mol. The van der Waals surface area contributed by atoms with Crippen molar-refractivity contribution in [2.24, 2.45) is 5.92 Å². The lowest BCUT2D eigenvalue weighted by Crippen LogP contribution is -2.28. The second-order valence-corrected chi connectivity index (χ2v) is 6.68. The maximum Gasteiger partial charge on any atom is 0.231 e. The molecular weight excluding hydrogens is 326 g/mol.